The Kier molecular flexibility index (Phi) is 4.47. The molecule has 1 rings (SSSR count). The predicted octanol–water partition coefficient (Wildman–Crippen LogP) is 0.631. The van der Waals surface area contributed by atoms with Crippen LogP contribution in [0, 0.1) is 0 Å². The molecule has 17 heavy (non-hydrogen) atoms. The van der Waals surface area contributed by atoms with Crippen molar-refractivity contribution in [1.29, 1.82) is 0 Å². The van der Waals surface area contributed by atoms with Crippen LogP contribution in [0.4, 0.5) is 10.5 Å². The van der Waals surface area contributed by atoms with Crippen LogP contribution in [-0.4, -0.2) is 39.1 Å². The van der Waals surface area contributed by atoms with Gasteiger partial charge in [-0.05, 0) is 18.2 Å². The third kappa shape index (κ3) is 4.41. The van der Waals surface area contributed by atoms with Gasteiger partial charge in [0.1, 0.15) is 6.61 Å². The summed E-state index contributed by atoms with van der Waals surface area (Å²) in [6.45, 7) is -0.381. The first-order chi connectivity index (χ1) is 7.93. The van der Waals surface area contributed by atoms with Gasteiger partial charge in [-0.3, -0.25) is 5.32 Å². The van der Waals surface area contributed by atoms with E-state index >= 15 is 0 Å². The lowest BCUT2D eigenvalue weighted by Crippen LogP contribution is -2.16. The number of nitrogens with one attached hydrogen (secondary N) is 1. The van der Waals surface area contributed by atoms with Gasteiger partial charge in [-0.15, -0.1) is 0 Å². The van der Waals surface area contributed by atoms with Gasteiger partial charge < -0.3 is 9.84 Å². The molecule has 0 aromatic heterocycles. The van der Waals surface area contributed by atoms with Gasteiger partial charge in [0, 0.05) is 11.9 Å². The molecule has 0 aliphatic rings. The second-order valence-corrected chi connectivity index (χ2v) is 5.30. The van der Waals surface area contributed by atoms with E-state index in [1.54, 1.807) is 0 Å². The molecule has 1 aromatic carbocycles. The van der Waals surface area contributed by atoms with Crippen molar-refractivity contribution in [2.75, 3.05) is 24.8 Å². The average molecular weight is 259 g/mol. The molecule has 0 fully saturated rings. The Bertz CT molecular complexity index is 497. The topological polar surface area (TPSA) is 92.7 Å². The first-order valence-electron chi connectivity index (χ1n) is 4.78. The molecule has 0 aliphatic heterocycles. The highest BCUT2D eigenvalue weighted by Crippen LogP contribution is 2.15. The normalized spacial score (nSPS) is 10.9. The van der Waals surface area contributed by atoms with Crippen LogP contribution in [0.3, 0.4) is 0 Å². The third-order valence-electron chi connectivity index (χ3n) is 1.83. The second-order valence-electron chi connectivity index (χ2n) is 3.28. The van der Waals surface area contributed by atoms with E-state index in [9.17, 15) is 13.2 Å². The number of carbonyl (C=O) groups excluding carboxylic acids is 1. The number of benzene rings is 1. The summed E-state index contributed by atoms with van der Waals surface area (Å²) in [5.41, 5.74) is 0.316. The van der Waals surface area contributed by atoms with Crippen LogP contribution < -0.4 is 5.32 Å². The number of hydrogen-bond acceptors (Lipinski definition) is 5. The molecule has 1 aromatic rings. The number of rotatable bonds is 4. The summed E-state index contributed by atoms with van der Waals surface area (Å²) >= 11 is 0. The number of aliphatic hydroxyl groups excluding tert-OH is 1. The molecule has 0 saturated heterocycles. The molecule has 2 N–H and O–H groups in total. The number of amides is 1. The smallest absolute Gasteiger partial charge is 0.411 e. The molecule has 6 nitrogen and oxygen atoms in total. The summed E-state index contributed by atoms with van der Waals surface area (Å²) in [5.74, 6) is 0. The zero-order valence-electron chi connectivity index (χ0n) is 9.21. The fourth-order valence-corrected chi connectivity index (χ4v) is 1.76. The predicted molar refractivity (Wildman–Crippen MR) is 61.6 cm³/mol. The number of carbonyl (C=O) groups is 1. The van der Waals surface area contributed by atoms with Crippen molar-refractivity contribution in [3.8, 4) is 0 Å². The highest BCUT2D eigenvalue weighted by atomic mass is 32.2. The minimum atomic E-state index is -3.31. The van der Waals surface area contributed by atoms with Gasteiger partial charge in [-0.25, -0.2) is 13.2 Å². The Hall–Kier alpha value is -1.60. The number of aliphatic hydroxyl groups is 1. The third-order valence-corrected chi connectivity index (χ3v) is 2.94. The van der Waals surface area contributed by atoms with Crippen molar-refractivity contribution >= 4 is 21.6 Å². The van der Waals surface area contributed by atoms with Crippen LogP contribution in [-0.2, 0) is 14.6 Å². The van der Waals surface area contributed by atoms with Crippen molar-refractivity contribution in [2.24, 2.45) is 0 Å². The first kappa shape index (κ1) is 13.5. The van der Waals surface area contributed by atoms with Crippen LogP contribution in [0.25, 0.3) is 0 Å². The average Bonchev–Trinajstić information content (AvgIpc) is 2.25. The molecule has 0 atom stereocenters. The Morgan fingerprint density at radius 2 is 2.18 bits per heavy atom. The molecular weight excluding hydrogens is 246 g/mol. The lowest BCUT2D eigenvalue weighted by molar-refractivity contribution is 0.131. The van der Waals surface area contributed by atoms with E-state index in [0.29, 0.717) is 5.69 Å². The fourth-order valence-electron chi connectivity index (χ4n) is 1.10. The molecule has 0 aliphatic carbocycles. The SMILES string of the molecule is CS(=O)(=O)c1cccc(NC(=O)OCCO)c1. The zero-order chi connectivity index (χ0) is 12.9. The van der Waals surface area contributed by atoms with Gasteiger partial charge in [0.2, 0.25) is 0 Å². The summed E-state index contributed by atoms with van der Waals surface area (Å²) in [6.07, 6.45) is 0.334. The monoisotopic (exact) mass is 259 g/mol. The van der Waals surface area contributed by atoms with Crippen LogP contribution in [0.2, 0.25) is 0 Å². The van der Waals surface area contributed by atoms with Crippen molar-refractivity contribution in [3.05, 3.63) is 24.3 Å². The minimum absolute atomic E-state index is 0.109. The highest BCUT2D eigenvalue weighted by Gasteiger charge is 2.09. The maximum absolute atomic E-state index is 11.3. The van der Waals surface area contributed by atoms with E-state index in [4.69, 9.17) is 5.11 Å². The number of hydrogen-bond donors (Lipinski definition) is 2. The number of ether oxygens (including phenoxy) is 1. The van der Waals surface area contributed by atoms with E-state index < -0.39 is 15.9 Å². The molecular formula is C10H13NO5S. The van der Waals surface area contributed by atoms with Crippen molar-refractivity contribution in [1.82, 2.24) is 0 Å². The van der Waals surface area contributed by atoms with Gasteiger partial charge in [-0.2, -0.15) is 0 Å². The van der Waals surface area contributed by atoms with E-state index in [1.165, 1.54) is 24.3 Å². The molecule has 0 bridgehead atoms. The molecule has 0 saturated carbocycles. The minimum Gasteiger partial charge on any atom is -0.447 e. The lowest BCUT2D eigenvalue weighted by atomic mass is 10.3. The standard InChI is InChI=1S/C10H13NO5S/c1-17(14,15)9-4-2-3-8(7-9)11-10(13)16-6-5-12/h2-4,7,12H,5-6H2,1H3,(H,11,13). The summed E-state index contributed by atoms with van der Waals surface area (Å²) in [5, 5.41) is 10.8. The quantitative estimate of drug-likeness (QED) is 0.827. The molecule has 0 spiro atoms. The lowest BCUT2D eigenvalue weighted by Gasteiger charge is -2.06. The van der Waals surface area contributed by atoms with Gasteiger partial charge in [0.15, 0.2) is 9.84 Å². The van der Waals surface area contributed by atoms with Gasteiger partial charge >= 0.3 is 6.09 Å². The fraction of sp³-hybridized carbons (Fsp3) is 0.300. The maximum atomic E-state index is 11.3. The Morgan fingerprint density at radius 1 is 1.47 bits per heavy atom. The molecule has 1 amide bonds. The first-order valence-corrected chi connectivity index (χ1v) is 6.67. The largest absolute Gasteiger partial charge is 0.447 e. The Balaban J connectivity index is 2.76. The van der Waals surface area contributed by atoms with Crippen molar-refractivity contribution in [3.63, 3.8) is 0 Å². The summed E-state index contributed by atoms with van der Waals surface area (Å²) in [6, 6.07) is 5.81. The Labute approximate surface area is 99.1 Å². The molecule has 0 heterocycles. The Morgan fingerprint density at radius 3 is 2.76 bits per heavy atom. The van der Waals surface area contributed by atoms with Crippen LogP contribution in [0.5, 0.6) is 0 Å². The highest BCUT2D eigenvalue weighted by molar-refractivity contribution is 7.90. The summed E-state index contributed by atoms with van der Waals surface area (Å²) in [4.78, 5) is 11.2. The summed E-state index contributed by atoms with van der Waals surface area (Å²) < 4.78 is 27.1. The molecule has 94 valence electrons. The molecule has 7 heteroatoms. The second kappa shape index (κ2) is 5.65. The van der Waals surface area contributed by atoms with Crippen LogP contribution in [0.15, 0.2) is 29.2 Å². The molecule has 0 radical (unpaired) electrons. The zero-order valence-corrected chi connectivity index (χ0v) is 10.0. The van der Waals surface area contributed by atoms with E-state index in [0.717, 1.165) is 6.26 Å². The molecule has 0 unspecified atom stereocenters. The van der Waals surface area contributed by atoms with E-state index in [2.05, 4.69) is 10.1 Å². The van der Waals surface area contributed by atoms with Gasteiger partial charge in [0.25, 0.3) is 0 Å². The van der Waals surface area contributed by atoms with Crippen LogP contribution >= 0.6 is 0 Å². The van der Waals surface area contributed by atoms with Crippen molar-refractivity contribution in [2.45, 2.75) is 4.90 Å². The van der Waals surface area contributed by atoms with Gasteiger partial charge in [0.05, 0.1) is 11.5 Å². The number of anilines is 1. The summed E-state index contributed by atoms with van der Waals surface area (Å²) in [7, 11) is -3.31. The van der Waals surface area contributed by atoms with Crippen molar-refractivity contribution < 1.29 is 23.1 Å². The van der Waals surface area contributed by atoms with E-state index in [-0.39, 0.29) is 18.1 Å². The van der Waals surface area contributed by atoms with Crippen LogP contribution in [0.1, 0.15) is 0 Å². The number of sulfone groups is 1. The maximum Gasteiger partial charge on any atom is 0.411 e. The van der Waals surface area contributed by atoms with Gasteiger partial charge in [-0.1, -0.05) is 6.07 Å². The van der Waals surface area contributed by atoms with E-state index in [1.807, 2.05) is 0 Å².